The molecule has 0 amide bonds. The quantitative estimate of drug-likeness (QED) is 0.101. The molecule has 4 aromatic rings. The largest absolute Gasteiger partial charge is 1.00 e. The maximum absolute atomic E-state index is 2.43. The minimum absolute atomic E-state index is 0. The zero-order chi connectivity index (χ0) is 23.3. The molecule has 0 saturated carbocycles. The molecule has 36 heavy (non-hydrogen) atoms. The molecule has 0 N–H and O–H groups in total. The Labute approximate surface area is 259 Å². The summed E-state index contributed by atoms with van der Waals surface area (Å²) in [6, 6.07) is 21.5. The van der Waals surface area contributed by atoms with Gasteiger partial charge in [0.2, 0.25) is 22.4 Å². The van der Waals surface area contributed by atoms with Gasteiger partial charge in [0.15, 0.2) is 0 Å². The van der Waals surface area contributed by atoms with Gasteiger partial charge in [0.1, 0.15) is 13.1 Å². The smallest absolute Gasteiger partial charge is 0.225 e. The molecule has 0 aliphatic carbocycles. The van der Waals surface area contributed by atoms with Crippen molar-refractivity contribution in [2.45, 2.75) is 77.3 Å². The van der Waals surface area contributed by atoms with Gasteiger partial charge in [-0.1, -0.05) is 97.6 Å². The van der Waals surface area contributed by atoms with E-state index in [0.717, 1.165) is 13.1 Å². The van der Waals surface area contributed by atoms with Gasteiger partial charge in [0.05, 0.1) is 10.8 Å². The number of hydrogen-bond acceptors (Lipinski definition) is 2. The number of rotatable bonds is 15. The van der Waals surface area contributed by atoms with Crippen LogP contribution in [0, 0.1) is 0 Å². The van der Waals surface area contributed by atoms with Crippen LogP contribution in [0.15, 0.2) is 82.4 Å². The minimum Gasteiger partial charge on any atom is -1.00 e. The maximum Gasteiger partial charge on any atom is 0.225 e. The van der Waals surface area contributed by atoms with Crippen molar-refractivity contribution in [3.8, 4) is 22.5 Å². The first kappa shape index (κ1) is 31.4. The molecule has 4 rings (SSSR count). The summed E-state index contributed by atoms with van der Waals surface area (Å²) in [4.78, 5) is 0. The van der Waals surface area contributed by atoms with Crippen LogP contribution in [0.3, 0.4) is 0 Å². The highest BCUT2D eigenvalue weighted by molar-refractivity contribution is 7.07. The molecule has 2 nitrogen and oxygen atoms in total. The third-order valence-corrected chi connectivity index (χ3v) is 8.01. The Morgan fingerprint density at radius 3 is 1.14 bits per heavy atom. The van der Waals surface area contributed by atoms with E-state index in [1.165, 1.54) is 86.7 Å². The fraction of sp³-hybridized carbons (Fsp3) is 0.400. The lowest BCUT2D eigenvalue weighted by Crippen LogP contribution is -3.00. The average molecular weight is 745 g/mol. The predicted molar refractivity (Wildman–Crippen MR) is 146 cm³/mol. The summed E-state index contributed by atoms with van der Waals surface area (Å²) in [6.07, 6.45) is 13.6. The van der Waals surface area contributed by atoms with E-state index in [9.17, 15) is 0 Å². The lowest BCUT2D eigenvalue weighted by atomic mass is 10.1. The van der Waals surface area contributed by atoms with Crippen molar-refractivity contribution < 1.29 is 57.1 Å². The van der Waals surface area contributed by atoms with E-state index in [1.807, 2.05) is 0 Å². The Hall–Kier alpha value is -0.840. The third kappa shape index (κ3) is 10.1. The first-order chi connectivity index (χ1) is 16.9. The van der Waals surface area contributed by atoms with Crippen LogP contribution in [0.1, 0.15) is 64.2 Å². The number of nitrogens with zero attached hydrogens (tertiary/aromatic N) is 2. The first-order valence-electron chi connectivity index (χ1n) is 12.9. The van der Waals surface area contributed by atoms with Crippen molar-refractivity contribution in [1.29, 1.82) is 0 Å². The monoisotopic (exact) mass is 744 g/mol. The van der Waals surface area contributed by atoms with E-state index in [4.69, 9.17) is 0 Å². The number of halogens is 2. The van der Waals surface area contributed by atoms with Gasteiger partial charge in [0.25, 0.3) is 0 Å². The van der Waals surface area contributed by atoms with Gasteiger partial charge in [-0.05, 0) is 37.1 Å². The molecule has 0 aliphatic rings. The molecule has 0 aliphatic heterocycles. The Morgan fingerprint density at radius 2 is 0.778 bits per heavy atom. The SMILES string of the molecule is [I-].[I-].c1ccc(-c2csc[n+]2CCCCCCCCCCCC[n+]2cscc2-c2ccccc2)cc1. The van der Waals surface area contributed by atoms with Crippen molar-refractivity contribution in [3.05, 3.63) is 82.4 Å². The second-order valence-electron chi connectivity index (χ2n) is 9.14. The van der Waals surface area contributed by atoms with Crippen LogP contribution in [0.2, 0.25) is 0 Å². The number of hydrogen-bond donors (Lipinski definition) is 0. The lowest BCUT2D eigenvalue weighted by Gasteiger charge is -2.03. The van der Waals surface area contributed by atoms with Gasteiger partial charge in [-0.25, -0.2) is 0 Å². The number of unbranched alkanes of at least 4 members (excludes halogenated alkanes) is 9. The van der Waals surface area contributed by atoms with Gasteiger partial charge in [0, 0.05) is 24.0 Å². The van der Waals surface area contributed by atoms with Crippen LogP contribution in [0.25, 0.3) is 22.5 Å². The fourth-order valence-electron chi connectivity index (χ4n) is 4.60. The summed E-state index contributed by atoms with van der Waals surface area (Å²) in [6.45, 7) is 2.28. The Morgan fingerprint density at radius 1 is 0.444 bits per heavy atom. The number of thiazole rings is 2. The normalized spacial score (nSPS) is 10.6. The van der Waals surface area contributed by atoms with E-state index in [2.05, 4.69) is 91.6 Å². The Kier molecular flexibility index (Phi) is 16.1. The zero-order valence-electron chi connectivity index (χ0n) is 21.0. The average Bonchev–Trinajstić information content (AvgIpc) is 3.55. The van der Waals surface area contributed by atoms with E-state index >= 15 is 0 Å². The van der Waals surface area contributed by atoms with Crippen LogP contribution in [-0.2, 0) is 13.1 Å². The Bertz CT molecular complexity index is 993. The second-order valence-corrected chi connectivity index (χ2v) is 10.6. The predicted octanol–water partition coefficient (Wildman–Crippen LogP) is 2.33. The van der Waals surface area contributed by atoms with Crippen molar-refractivity contribution in [1.82, 2.24) is 0 Å². The molecule has 0 atom stereocenters. The van der Waals surface area contributed by atoms with Crippen molar-refractivity contribution in [2.24, 2.45) is 0 Å². The van der Waals surface area contributed by atoms with Gasteiger partial charge >= 0.3 is 0 Å². The number of aromatic nitrogens is 2. The number of aryl methyl sites for hydroxylation is 2. The molecule has 2 heterocycles. The van der Waals surface area contributed by atoms with Gasteiger partial charge in [-0.3, -0.25) is 0 Å². The molecular weight excluding hydrogens is 706 g/mol. The lowest BCUT2D eigenvalue weighted by molar-refractivity contribution is -0.682. The summed E-state index contributed by atoms with van der Waals surface area (Å²) in [5, 5.41) is 4.55. The number of benzene rings is 2. The van der Waals surface area contributed by atoms with E-state index in [0.29, 0.717) is 0 Å². The first-order valence-corrected chi connectivity index (χ1v) is 14.8. The Balaban J connectivity index is 0.00000228. The molecule has 0 bridgehead atoms. The highest BCUT2D eigenvalue weighted by Gasteiger charge is 2.14. The van der Waals surface area contributed by atoms with E-state index in [-0.39, 0.29) is 48.0 Å². The van der Waals surface area contributed by atoms with Gasteiger partial charge in [-0.2, -0.15) is 9.13 Å². The van der Waals surface area contributed by atoms with Crippen LogP contribution >= 0.6 is 22.7 Å². The van der Waals surface area contributed by atoms with Crippen LogP contribution < -0.4 is 57.1 Å². The maximum atomic E-state index is 2.43. The summed E-state index contributed by atoms with van der Waals surface area (Å²) in [7, 11) is 0. The standard InChI is InChI=1S/C30H38N2S2.2HI/c1(3-5-7-15-21-31-25-33-23-29(31)27-17-11-9-12-18-27)2-4-6-8-16-22-32-26-34-24-30(32)28-19-13-10-14-20-28;;/h9-14,17-20,23-26H,1-8,15-16,21-22H2;2*1H/q+2;;/p-2. The molecular formula is C30H38I2N2S2. The molecule has 0 saturated heterocycles. The fourth-order valence-corrected chi connectivity index (χ4v) is 6.25. The summed E-state index contributed by atoms with van der Waals surface area (Å²) < 4.78 is 4.86. The molecule has 2 aromatic heterocycles. The van der Waals surface area contributed by atoms with Crippen LogP contribution in [-0.4, -0.2) is 0 Å². The topological polar surface area (TPSA) is 7.76 Å². The van der Waals surface area contributed by atoms with Crippen LogP contribution in [0.4, 0.5) is 0 Å². The van der Waals surface area contributed by atoms with E-state index < -0.39 is 0 Å². The zero-order valence-corrected chi connectivity index (χ0v) is 27.0. The molecule has 194 valence electrons. The molecule has 0 fully saturated rings. The van der Waals surface area contributed by atoms with Crippen molar-refractivity contribution in [2.75, 3.05) is 0 Å². The van der Waals surface area contributed by atoms with Crippen LogP contribution in [0.5, 0.6) is 0 Å². The highest BCUT2D eigenvalue weighted by atomic mass is 127. The van der Waals surface area contributed by atoms with Gasteiger partial charge < -0.3 is 48.0 Å². The second kappa shape index (κ2) is 18.4. The highest BCUT2D eigenvalue weighted by Crippen LogP contribution is 2.19. The van der Waals surface area contributed by atoms with Crippen molar-refractivity contribution in [3.63, 3.8) is 0 Å². The summed E-state index contributed by atoms with van der Waals surface area (Å²) in [5.41, 5.74) is 9.91. The van der Waals surface area contributed by atoms with Gasteiger partial charge in [-0.15, -0.1) is 0 Å². The molecule has 6 heteroatoms. The van der Waals surface area contributed by atoms with Crippen molar-refractivity contribution >= 4 is 22.7 Å². The third-order valence-electron chi connectivity index (χ3n) is 6.54. The summed E-state index contributed by atoms with van der Waals surface area (Å²) in [5.74, 6) is 0. The molecule has 0 radical (unpaired) electrons. The van der Waals surface area contributed by atoms with E-state index in [1.54, 1.807) is 22.7 Å². The minimum atomic E-state index is 0. The molecule has 2 aromatic carbocycles. The molecule has 0 spiro atoms. The summed E-state index contributed by atoms with van der Waals surface area (Å²) >= 11 is 3.61. The molecule has 0 unspecified atom stereocenters.